The van der Waals surface area contributed by atoms with Gasteiger partial charge in [0.05, 0.1) is 34.0 Å². The molecular formula is C40H47ClN6O6. The fourth-order valence-electron chi connectivity index (χ4n) is 7.42. The van der Waals surface area contributed by atoms with Crippen LogP contribution >= 0.6 is 11.6 Å². The largest absolute Gasteiger partial charge is 0.489 e. The molecule has 0 saturated carbocycles. The second-order valence-corrected chi connectivity index (χ2v) is 15.6. The zero-order valence-corrected chi connectivity index (χ0v) is 31.9. The standard InChI is InChI=1S/C40H47ClN6O6/c1-23(2)26-11-7-8-12-29(26)46-31-19-27(33-24(3)14-15-30-28(33)20-43-47(30)32-13-9-10-18-51-32)35(41)36(34(31)37(48)44-38(46)49)52-22-25-21-45(17-16-42-25)39(50)53-40(4,5)6/h7-8,11-12,14-15,19-20,23,25,32,42H,9-10,13,16-18,21-22H2,1-6H3,(H,44,48,49)/t25-,32?/m0/s1. The van der Waals surface area contributed by atoms with Gasteiger partial charge in [0.25, 0.3) is 5.56 Å². The first kappa shape index (κ1) is 36.7. The number of carbonyl (C=O) groups is 1. The Hall–Kier alpha value is -4.65. The van der Waals surface area contributed by atoms with Crippen molar-refractivity contribution in [1.82, 2.24) is 29.5 Å². The van der Waals surface area contributed by atoms with E-state index in [2.05, 4.69) is 24.1 Å². The molecule has 1 amide bonds. The fraction of sp³-hybridized carbons (Fsp3) is 0.450. The van der Waals surface area contributed by atoms with Crippen molar-refractivity contribution in [2.75, 3.05) is 32.8 Å². The third-order valence-electron chi connectivity index (χ3n) is 9.91. The molecule has 0 radical (unpaired) electrons. The normalized spacial score (nSPS) is 18.2. The van der Waals surface area contributed by atoms with Crippen LogP contribution in [0.5, 0.6) is 5.75 Å². The minimum absolute atomic E-state index is 0.0803. The summed E-state index contributed by atoms with van der Waals surface area (Å²) >= 11 is 7.39. The number of para-hydroxylation sites is 1. The lowest BCUT2D eigenvalue weighted by Gasteiger charge is -2.34. The fourth-order valence-corrected chi connectivity index (χ4v) is 7.72. The van der Waals surface area contributed by atoms with Gasteiger partial charge in [-0.25, -0.2) is 14.3 Å². The molecule has 2 saturated heterocycles. The highest BCUT2D eigenvalue weighted by Crippen LogP contribution is 2.44. The molecule has 0 aliphatic carbocycles. The number of halogens is 1. The molecule has 2 fully saturated rings. The van der Waals surface area contributed by atoms with Crippen molar-refractivity contribution >= 4 is 39.5 Å². The molecule has 0 spiro atoms. The number of amides is 1. The molecule has 0 bridgehead atoms. The molecule has 2 N–H and O–H groups in total. The number of nitrogens with one attached hydrogen (secondary N) is 2. The van der Waals surface area contributed by atoms with Crippen molar-refractivity contribution in [3.05, 3.63) is 85.6 Å². The van der Waals surface area contributed by atoms with Crippen molar-refractivity contribution in [2.45, 2.75) is 84.6 Å². The van der Waals surface area contributed by atoms with Crippen molar-refractivity contribution in [1.29, 1.82) is 0 Å². The zero-order chi connectivity index (χ0) is 37.6. The number of aryl methyl sites for hydroxylation is 1. The van der Waals surface area contributed by atoms with E-state index < -0.39 is 22.9 Å². The second-order valence-electron chi connectivity index (χ2n) is 15.3. The molecular weight excluding hydrogens is 696 g/mol. The number of hydrogen-bond donors (Lipinski definition) is 2. The van der Waals surface area contributed by atoms with Crippen LogP contribution in [-0.4, -0.2) is 74.8 Å². The van der Waals surface area contributed by atoms with Crippen LogP contribution < -0.4 is 21.3 Å². The second kappa shape index (κ2) is 14.6. The van der Waals surface area contributed by atoms with Gasteiger partial charge in [-0.15, -0.1) is 0 Å². The highest BCUT2D eigenvalue weighted by molar-refractivity contribution is 6.36. The number of benzene rings is 3. The monoisotopic (exact) mass is 742 g/mol. The van der Waals surface area contributed by atoms with Crippen LogP contribution in [0.1, 0.15) is 77.2 Å². The minimum Gasteiger partial charge on any atom is -0.489 e. The number of carbonyl (C=O) groups excluding carboxylic acids is 1. The Balaban J connectivity index is 1.41. The molecule has 3 aromatic carbocycles. The van der Waals surface area contributed by atoms with E-state index in [1.807, 2.05) is 81.0 Å². The Bertz CT molecular complexity index is 2300. The Morgan fingerprint density at radius 3 is 2.64 bits per heavy atom. The average molecular weight is 743 g/mol. The molecule has 13 heteroatoms. The quantitative estimate of drug-likeness (QED) is 0.181. The van der Waals surface area contributed by atoms with E-state index in [0.717, 1.165) is 46.9 Å². The Kier molecular flexibility index (Phi) is 10.1. The van der Waals surface area contributed by atoms with Crippen LogP contribution in [0, 0.1) is 6.92 Å². The first-order chi connectivity index (χ1) is 25.3. The van der Waals surface area contributed by atoms with Crippen LogP contribution in [0.25, 0.3) is 38.6 Å². The lowest BCUT2D eigenvalue weighted by atomic mass is 9.95. The van der Waals surface area contributed by atoms with Crippen molar-refractivity contribution in [3.8, 4) is 22.6 Å². The van der Waals surface area contributed by atoms with Crippen LogP contribution in [-0.2, 0) is 9.47 Å². The smallest absolute Gasteiger partial charge is 0.410 e. The number of aromatic amines is 1. The van der Waals surface area contributed by atoms with Gasteiger partial charge in [-0.2, -0.15) is 5.10 Å². The predicted octanol–water partition coefficient (Wildman–Crippen LogP) is 7.07. The van der Waals surface area contributed by atoms with E-state index in [9.17, 15) is 14.4 Å². The first-order valence-electron chi connectivity index (χ1n) is 18.4. The number of hydrogen-bond acceptors (Lipinski definition) is 8. The average Bonchev–Trinajstić information content (AvgIpc) is 3.55. The number of piperazine rings is 1. The molecule has 7 rings (SSSR count). The van der Waals surface area contributed by atoms with Crippen LogP contribution in [0.2, 0.25) is 5.02 Å². The van der Waals surface area contributed by atoms with Crippen LogP contribution in [0.3, 0.4) is 0 Å². The molecule has 1 unspecified atom stereocenters. The van der Waals surface area contributed by atoms with E-state index in [-0.39, 0.29) is 41.0 Å². The lowest BCUT2D eigenvalue weighted by Crippen LogP contribution is -2.55. The van der Waals surface area contributed by atoms with Gasteiger partial charge in [-0.05, 0) is 87.8 Å². The summed E-state index contributed by atoms with van der Waals surface area (Å²) < 4.78 is 21.8. The highest BCUT2D eigenvalue weighted by Gasteiger charge is 2.30. The number of H-pyrrole nitrogens is 1. The first-order valence-corrected chi connectivity index (χ1v) is 18.7. The highest BCUT2D eigenvalue weighted by atomic mass is 35.5. The minimum atomic E-state index is -0.632. The molecule has 5 aromatic rings. The predicted molar refractivity (Wildman–Crippen MR) is 207 cm³/mol. The maximum Gasteiger partial charge on any atom is 0.410 e. The number of fused-ring (bicyclic) bond motifs is 2. The maximum absolute atomic E-state index is 13.9. The summed E-state index contributed by atoms with van der Waals surface area (Å²) in [5.41, 5.74) is 3.33. The summed E-state index contributed by atoms with van der Waals surface area (Å²) in [5, 5.41) is 9.43. The van der Waals surface area contributed by atoms with Crippen LogP contribution in [0.4, 0.5) is 4.79 Å². The van der Waals surface area contributed by atoms with Gasteiger partial charge in [0.15, 0.2) is 12.0 Å². The summed E-state index contributed by atoms with van der Waals surface area (Å²) in [6.45, 7) is 13.7. The van der Waals surface area contributed by atoms with E-state index in [1.165, 1.54) is 4.57 Å². The Morgan fingerprint density at radius 2 is 1.91 bits per heavy atom. The van der Waals surface area contributed by atoms with E-state index in [1.54, 1.807) is 4.90 Å². The molecule has 53 heavy (non-hydrogen) atoms. The summed E-state index contributed by atoms with van der Waals surface area (Å²) in [7, 11) is 0. The molecule has 2 atom stereocenters. The zero-order valence-electron chi connectivity index (χ0n) is 31.1. The van der Waals surface area contributed by atoms with Gasteiger partial charge in [-0.1, -0.05) is 49.7 Å². The summed E-state index contributed by atoms with van der Waals surface area (Å²) in [6, 6.07) is 13.2. The summed E-state index contributed by atoms with van der Waals surface area (Å²) in [5.74, 6) is 0.225. The number of rotatable bonds is 7. The van der Waals surface area contributed by atoms with Gasteiger partial charge in [0, 0.05) is 37.2 Å². The summed E-state index contributed by atoms with van der Waals surface area (Å²) in [4.78, 5) is 44.9. The Morgan fingerprint density at radius 1 is 1.11 bits per heavy atom. The molecule has 2 aromatic heterocycles. The lowest BCUT2D eigenvalue weighted by molar-refractivity contribution is -0.0366. The SMILES string of the molecule is Cc1ccc2c(cnn2C2CCCCO2)c1-c1cc2c(c(OC[C@@H]3CN(C(=O)OC(C)(C)C)CCN3)c1Cl)c(=O)[nH]c(=O)n2-c1ccccc1C(C)C. The molecule has 2 aliphatic heterocycles. The van der Waals surface area contributed by atoms with Gasteiger partial charge < -0.3 is 24.4 Å². The molecule has 2 aliphatic rings. The number of ether oxygens (including phenoxy) is 3. The molecule has 280 valence electrons. The Labute approximate surface area is 313 Å². The topological polar surface area (TPSA) is 133 Å². The third-order valence-corrected chi connectivity index (χ3v) is 10.3. The number of aromatic nitrogens is 4. The molecule has 12 nitrogen and oxygen atoms in total. The third kappa shape index (κ3) is 7.19. The van der Waals surface area contributed by atoms with Crippen molar-refractivity contribution in [2.24, 2.45) is 0 Å². The molecule has 4 heterocycles. The van der Waals surface area contributed by atoms with Crippen molar-refractivity contribution in [3.63, 3.8) is 0 Å². The summed E-state index contributed by atoms with van der Waals surface area (Å²) in [6.07, 6.45) is 4.18. The van der Waals surface area contributed by atoms with E-state index in [4.69, 9.17) is 30.9 Å². The van der Waals surface area contributed by atoms with Gasteiger partial charge in [-0.3, -0.25) is 14.3 Å². The van der Waals surface area contributed by atoms with Gasteiger partial charge in [0.2, 0.25) is 0 Å². The maximum atomic E-state index is 13.9. The van der Waals surface area contributed by atoms with Gasteiger partial charge >= 0.3 is 11.8 Å². The van der Waals surface area contributed by atoms with E-state index >= 15 is 0 Å². The van der Waals surface area contributed by atoms with Crippen molar-refractivity contribution < 1.29 is 19.0 Å². The van der Waals surface area contributed by atoms with E-state index in [0.29, 0.717) is 43.0 Å². The van der Waals surface area contributed by atoms with Crippen LogP contribution in [0.15, 0.2) is 58.3 Å². The number of nitrogens with zero attached hydrogens (tertiary/aromatic N) is 4. The van der Waals surface area contributed by atoms with Gasteiger partial charge in [0.1, 0.15) is 17.6 Å².